The maximum Gasteiger partial charge on any atom is 0.408 e. The quantitative estimate of drug-likeness (QED) is 0.390. The molecule has 4 atom stereocenters. The predicted octanol–water partition coefficient (Wildman–Crippen LogP) is 2.75. The third kappa shape index (κ3) is 8.24. The molecule has 1 saturated heterocycles. The topological polar surface area (TPSA) is 154 Å². The Bertz CT molecular complexity index is 1160. The fourth-order valence-electron chi connectivity index (χ4n) is 5.96. The molecule has 0 aromatic rings. The molecule has 0 aromatic heterocycles. The first kappa shape index (κ1) is 33.8. The van der Waals surface area contributed by atoms with Crippen LogP contribution in [0.25, 0.3) is 0 Å². The largest absolute Gasteiger partial charge is 0.444 e. The molecule has 2 fully saturated rings. The van der Waals surface area contributed by atoms with Gasteiger partial charge < -0.3 is 20.3 Å². The molecule has 0 bridgehead atoms. The Morgan fingerprint density at radius 3 is 2.36 bits per heavy atom. The summed E-state index contributed by atoms with van der Waals surface area (Å²) in [5.74, 6) is -2.05. The molecular formula is C29H49N5O7S. The molecule has 0 unspecified atom stereocenters. The molecule has 4 amide bonds. The van der Waals surface area contributed by atoms with E-state index in [-0.39, 0.29) is 30.3 Å². The molecule has 1 aliphatic carbocycles. The smallest absolute Gasteiger partial charge is 0.408 e. The number of carbonyl (C=O) groups is 4. The van der Waals surface area contributed by atoms with Crippen molar-refractivity contribution in [3.63, 3.8) is 0 Å². The highest BCUT2D eigenvalue weighted by atomic mass is 32.2. The average molecular weight is 612 g/mol. The maximum absolute atomic E-state index is 13.7. The van der Waals surface area contributed by atoms with Gasteiger partial charge in [0.2, 0.25) is 11.8 Å². The minimum atomic E-state index is -4.18. The fraction of sp³-hybridized carbons (Fsp3) is 0.793. The van der Waals surface area contributed by atoms with Gasteiger partial charge in [-0.1, -0.05) is 25.0 Å². The van der Waals surface area contributed by atoms with E-state index in [2.05, 4.69) is 15.4 Å². The number of amides is 4. The van der Waals surface area contributed by atoms with Crippen molar-refractivity contribution in [1.29, 1.82) is 0 Å². The van der Waals surface area contributed by atoms with Crippen LogP contribution in [0.15, 0.2) is 12.2 Å². The van der Waals surface area contributed by atoms with Crippen molar-refractivity contribution in [1.82, 2.24) is 24.6 Å². The molecule has 2 aliphatic heterocycles. The van der Waals surface area contributed by atoms with Gasteiger partial charge in [0.05, 0.1) is 0 Å². The van der Waals surface area contributed by atoms with Gasteiger partial charge in [-0.2, -0.15) is 12.7 Å². The van der Waals surface area contributed by atoms with Crippen LogP contribution in [0.3, 0.4) is 0 Å². The molecule has 12 nitrogen and oxygen atoms in total. The van der Waals surface area contributed by atoms with Crippen LogP contribution in [-0.4, -0.2) is 83.3 Å². The van der Waals surface area contributed by atoms with Crippen molar-refractivity contribution >= 4 is 34.0 Å². The lowest BCUT2D eigenvalue weighted by Crippen LogP contribution is -2.59. The first-order valence-electron chi connectivity index (χ1n) is 15.1. The van der Waals surface area contributed by atoms with Crippen LogP contribution in [0.5, 0.6) is 0 Å². The zero-order chi connectivity index (χ0) is 31.5. The molecule has 42 heavy (non-hydrogen) atoms. The zero-order valence-corrected chi connectivity index (χ0v) is 26.9. The number of rotatable bonds is 6. The zero-order valence-electron chi connectivity index (χ0n) is 26.1. The molecule has 1 saturated carbocycles. The van der Waals surface area contributed by atoms with Gasteiger partial charge in [0.15, 0.2) is 0 Å². The number of hydrogen-bond donors (Lipinski definition) is 3. The van der Waals surface area contributed by atoms with Crippen molar-refractivity contribution in [3.05, 3.63) is 12.2 Å². The van der Waals surface area contributed by atoms with Crippen molar-refractivity contribution < 1.29 is 32.3 Å². The van der Waals surface area contributed by atoms with Gasteiger partial charge in [-0.05, 0) is 87.0 Å². The molecule has 13 heteroatoms. The lowest BCUT2D eigenvalue weighted by molar-refractivity contribution is -0.141. The van der Waals surface area contributed by atoms with Gasteiger partial charge in [0.1, 0.15) is 23.2 Å². The van der Waals surface area contributed by atoms with Gasteiger partial charge in [0.25, 0.3) is 5.91 Å². The van der Waals surface area contributed by atoms with Crippen LogP contribution >= 0.6 is 0 Å². The van der Waals surface area contributed by atoms with E-state index in [9.17, 15) is 27.6 Å². The molecule has 0 radical (unpaired) electrons. The molecular weight excluding hydrogens is 562 g/mol. The monoisotopic (exact) mass is 611 g/mol. The van der Waals surface area contributed by atoms with Crippen LogP contribution < -0.4 is 15.4 Å². The Morgan fingerprint density at radius 2 is 1.74 bits per heavy atom. The van der Waals surface area contributed by atoms with Crippen LogP contribution in [0.4, 0.5) is 4.79 Å². The standard InChI is InChI=1S/C29H49N5O7S/c1-19(2)34(20(3)4)42(39,40)32-26(37)29-18-21(29)14-11-9-8-10-12-15-22(30-27(38)41-28(5,6)7)25(36)33-17-13-16-23(33)24(35)31-29/h11,14,19-23H,8-10,12-13,15-18H2,1-7H3,(H,30,38)(H,31,35)(H,32,37)/t21-,22+,23+,29-/m1/s1. The van der Waals surface area contributed by atoms with Crippen molar-refractivity contribution in [3.8, 4) is 0 Å². The number of carbonyl (C=O) groups excluding carboxylic acids is 4. The van der Waals surface area contributed by atoms with Crippen LogP contribution in [0, 0.1) is 5.92 Å². The van der Waals surface area contributed by atoms with E-state index < -0.39 is 51.3 Å². The molecule has 3 aliphatic rings. The minimum Gasteiger partial charge on any atom is -0.444 e. The maximum atomic E-state index is 13.7. The fourth-order valence-corrected chi connectivity index (χ4v) is 7.59. The second-order valence-corrected chi connectivity index (χ2v) is 14.8. The van der Waals surface area contributed by atoms with E-state index in [0.717, 1.165) is 19.3 Å². The minimum absolute atomic E-state index is 0.253. The number of allylic oxidation sites excluding steroid dienone is 1. The van der Waals surface area contributed by atoms with Gasteiger partial charge in [-0.25, -0.2) is 9.52 Å². The Balaban J connectivity index is 1.86. The van der Waals surface area contributed by atoms with Crippen molar-refractivity contribution in [2.24, 2.45) is 5.92 Å². The second kappa shape index (κ2) is 13.3. The number of hydrogen-bond acceptors (Lipinski definition) is 7. The highest BCUT2D eigenvalue weighted by molar-refractivity contribution is 7.87. The van der Waals surface area contributed by atoms with Gasteiger partial charge in [-0.15, -0.1) is 0 Å². The molecule has 2 heterocycles. The summed E-state index contributed by atoms with van der Waals surface area (Å²) in [5, 5.41) is 5.55. The number of alkyl carbamates (subject to hydrolysis) is 1. The Kier molecular flexibility index (Phi) is 10.7. The summed E-state index contributed by atoms with van der Waals surface area (Å²) in [5.41, 5.74) is -2.17. The first-order valence-corrected chi connectivity index (χ1v) is 16.6. The number of fused-ring (bicyclic) bond motifs is 2. The third-order valence-electron chi connectivity index (χ3n) is 7.84. The highest BCUT2D eigenvalue weighted by Crippen LogP contribution is 2.45. The predicted molar refractivity (Wildman–Crippen MR) is 158 cm³/mol. The van der Waals surface area contributed by atoms with E-state index in [1.165, 1.54) is 9.21 Å². The summed E-state index contributed by atoms with van der Waals surface area (Å²) in [4.78, 5) is 55.0. The number of nitrogens with zero attached hydrogens (tertiary/aromatic N) is 2. The summed E-state index contributed by atoms with van der Waals surface area (Å²) in [6, 6.07) is -2.47. The summed E-state index contributed by atoms with van der Waals surface area (Å²) < 4.78 is 35.2. The van der Waals surface area contributed by atoms with E-state index in [0.29, 0.717) is 32.2 Å². The Morgan fingerprint density at radius 1 is 1.07 bits per heavy atom. The SMILES string of the molecule is CC(C)N(C(C)C)S(=O)(=O)NC(=O)[C@@]12C[C@H]1C=CCCCCC[C@H](NC(=O)OC(C)(C)C)C(=O)N1CCC[C@H]1C(=O)N2. The number of nitrogens with one attached hydrogen (secondary N) is 3. The van der Waals surface area contributed by atoms with Crippen LogP contribution in [-0.2, 0) is 29.3 Å². The van der Waals surface area contributed by atoms with Gasteiger partial charge in [-0.3, -0.25) is 14.4 Å². The normalized spacial score (nSPS) is 27.6. The molecule has 3 rings (SSSR count). The number of ether oxygens (including phenoxy) is 1. The Labute approximate surface area is 250 Å². The average Bonchev–Trinajstić information content (AvgIpc) is 3.30. The van der Waals surface area contributed by atoms with Crippen molar-refractivity contribution in [2.45, 2.75) is 135 Å². The third-order valence-corrected chi connectivity index (χ3v) is 9.68. The first-order chi connectivity index (χ1) is 19.5. The molecule has 0 spiro atoms. The van der Waals surface area contributed by atoms with E-state index in [4.69, 9.17) is 4.74 Å². The summed E-state index contributed by atoms with van der Waals surface area (Å²) in [6.07, 6.45) is 7.83. The van der Waals surface area contributed by atoms with E-state index in [1.807, 2.05) is 12.2 Å². The lowest BCUT2D eigenvalue weighted by atomic mass is 10.0. The van der Waals surface area contributed by atoms with Crippen LogP contribution in [0.2, 0.25) is 0 Å². The second-order valence-electron chi connectivity index (χ2n) is 13.2. The molecule has 238 valence electrons. The van der Waals surface area contributed by atoms with Crippen LogP contribution in [0.1, 0.15) is 99.8 Å². The summed E-state index contributed by atoms with van der Waals surface area (Å²) >= 11 is 0. The summed E-state index contributed by atoms with van der Waals surface area (Å²) in [6.45, 7) is 12.5. The molecule has 3 N–H and O–H groups in total. The van der Waals surface area contributed by atoms with E-state index >= 15 is 0 Å². The van der Waals surface area contributed by atoms with Gasteiger partial charge in [0, 0.05) is 24.5 Å². The van der Waals surface area contributed by atoms with Gasteiger partial charge >= 0.3 is 16.3 Å². The van der Waals surface area contributed by atoms with E-state index in [1.54, 1.807) is 48.5 Å². The molecule has 0 aromatic carbocycles. The summed E-state index contributed by atoms with van der Waals surface area (Å²) in [7, 11) is -4.18. The highest BCUT2D eigenvalue weighted by Gasteiger charge is 2.61. The lowest BCUT2D eigenvalue weighted by Gasteiger charge is -2.32. The van der Waals surface area contributed by atoms with Crippen molar-refractivity contribution in [2.75, 3.05) is 6.54 Å². The Hall–Kier alpha value is -2.67.